The van der Waals surface area contributed by atoms with Crippen molar-refractivity contribution in [2.45, 2.75) is 25.5 Å². The van der Waals surface area contributed by atoms with Gasteiger partial charge in [-0.25, -0.2) is 0 Å². The van der Waals surface area contributed by atoms with Crippen molar-refractivity contribution >= 4 is 0 Å². The van der Waals surface area contributed by atoms with E-state index in [1.165, 1.54) is 0 Å². The third kappa shape index (κ3) is 1.49. The molecule has 2 fully saturated rings. The molecule has 0 amide bonds. The fraction of sp³-hybridized carbons (Fsp3) is 1.00. The molecule has 2 N–H and O–H groups in total. The molecule has 0 spiro atoms. The Morgan fingerprint density at radius 2 is 2.17 bits per heavy atom. The van der Waals surface area contributed by atoms with Gasteiger partial charge < -0.3 is 10.4 Å². The molecule has 0 saturated carbocycles. The molecule has 0 aromatic heterocycles. The molecule has 2 unspecified atom stereocenters. The van der Waals surface area contributed by atoms with Gasteiger partial charge in [0.25, 0.3) is 0 Å². The first-order chi connectivity index (χ1) is 5.77. The van der Waals surface area contributed by atoms with Gasteiger partial charge in [-0.2, -0.15) is 0 Å². The van der Waals surface area contributed by atoms with Crippen LogP contribution in [0.25, 0.3) is 0 Å². The van der Waals surface area contributed by atoms with E-state index in [1.807, 2.05) is 0 Å². The van der Waals surface area contributed by atoms with Crippen molar-refractivity contribution < 1.29 is 5.11 Å². The predicted octanol–water partition coefficient (Wildman–Crippen LogP) is -0.339. The lowest BCUT2D eigenvalue weighted by Gasteiger charge is -2.43. The summed E-state index contributed by atoms with van der Waals surface area (Å²) in [5.74, 6) is 0.458. The Hall–Kier alpha value is -0.120. The highest BCUT2D eigenvalue weighted by atomic mass is 16.3. The van der Waals surface area contributed by atoms with E-state index in [-0.39, 0.29) is 6.10 Å². The molecule has 2 heterocycles. The summed E-state index contributed by atoms with van der Waals surface area (Å²) in [6.07, 6.45) is 0.895. The van der Waals surface area contributed by atoms with Gasteiger partial charge in [-0.15, -0.1) is 0 Å². The molecule has 0 aromatic rings. The Labute approximate surface area is 73.8 Å². The zero-order chi connectivity index (χ0) is 8.55. The smallest absolute Gasteiger partial charge is 0.0590 e. The first-order valence-corrected chi connectivity index (χ1v) is 4.90. The van der Waals surface area contributed by atoms with Crippen LogP contribution in [0.15, 0.2) is 0 Å². The number of likely N-dealkylation sites (tertiary alicyclic amines) is 1. The van der Waals surface area contributed by atoms with Crippen molar-refractivity contribution in [1.82, 2.24) is 10.2 Å². The second-order valence-corrected chi connectivity index (χ2v) is 4.14. The number of aliphatic hydroxyl groups excluding tert-OH is 1. The van der Waals surface area contributed by atoms with E-state index in [0.717, 1.165) is 38.6 Å². The van der Waals surface area contributed by atoms with Crippen molar-refractivity contribution in [3.05, 3.63) is 0 Å². The lowest BCUT2D eigenvalue weighted by atomic mass is 9.94. The molecule has 2 atom stereocenters. The number of aliphatic hydroxyl groups is 1. The molecule has 3 heteroatoms. The molecule has 2 aliphatic rings. The average molecular weight is 170 g/mol. The standard InChI is InChI=1S/C9H18N2O/c1-7-6-11(3-2-9(7)12)8-4-10-5-8/h7-10,12H,2-6H2,1H3. The Bertz CT molecular complexity index is 159. The second kappa shape index (κ2) is 3.32. The SMILES string of the molecule is CC1CN(C2CNC2)CCC1O. The summed E-state index contributed by atoms with van der Waals surface area (Å²) in [5.41, 5.74) is 0. The van der Waals surface area contributed by atoms with Gasteiger partial charge in [0.05, 0.1) is 6.10 Å². The van der Waals surface area contributed by atoms with Crippen LogP contribution < -0.4 is 5.32 Å². The highest BCUT2D eigenvalue weighted by molar-refractivity contribution is 4.88. The Morgan fingerprint density at radius 3 is 2.67 bits per heavy atom. The van der Waals surface area contributed by atoms with Gasteiger partial charge in [-0.3, -0.25) is 4.90 Å². The van der Waals surface area contributed by atoms with E-state index in [0.29, 0.717) is 5.92 Å². The lowest BCUT2D eigenvalue weighted by molar-refractivity contribution is 0.00674. The third-order valence-electron chi connectivity index (χ3n) is 3.17. The van der Waals surface area contributed by atoms with E-state index in [4.69, 9.17) is 0 Å². The summed E-state index contributed by atoms with van der Waals surface area (Å²) in [6.45, 7) is 6.58. The van der Waals surface area contributed by atoms with Crippen LogP contribution in [0, 0.1) is 5.92 Å². The molecule has 0 aromatic carbocycles. The van der Waals surface area contributed by atoms with Crippen molar-refractivity contribution in [1.29, 1.82) is 0 Å². The first kappa shape index (κ1) is 8.48. The fourth-order valence-corrected chi connectivity index (χ4v) is 2.03. The summed E-state index contributed by atoms with van der Waals surface area (Å²) in [4.78, 5) is 2.51. The van der Waals surface area contributed by atoms with Crippen LogP contribution >= 0.6 is 0 Å². The molecular weight excluding hydrogens is 152 g/mol. The Balaban J connectivity index is 1.84. The van der Waals surface area contributed by atoms with Crippen LogP contribution in [0.2, 0.25) is 0 Å². The average Bonchev–Trinajstić information content (AvgIpc) is 1.93. The minimum Gasteiger partial charge on any atom is -0.393 e. The minimum atomic E-state index is -0.0608. The Morgan fingerprint density at radius 1 is 1.42 bits per heavy atom. The van der Waals surface area contributed by atoms with Crippen LogP contribution in [-0.4, -0.2) is 48.3 Å². The summed E-state index contributed by atoms with van der Waals surface area (Å²) in [7, 11) is 0. The molecule has 70 valence electrons. The van der Waals surface area contributed by atoms with Gasteiger partial charge in [0, 0.05) is 32.2 Å². The minimum absolute atomic E-state index is 0.0608. The summed E-state index contributed by atoms with van der Waals surface area (Å²) in [6, 6.07) is 0.750. The zero-order valence-electron chi connectivity index (χ0n) is 7.66. The largest absolute Gasteiger partial charge is 0.393 e. The van der Waals surface area contributed by atoms with Crippen LogP contribution in [-0.2, 0) is 0 Å². The molecule has 2 aliphatic heterocycles. The van der Waals surface area contributed by atoms with E-state index < -0.39 is 0 Å². The summed E-state index contributed by atoms with van der Waals surface area (Å²) in [5, 5.41) is 12.8. The predicted molar refractivity (Wildman–Crippen MR) is 48.0 cm³/mol. The number of hydrogen-bond donors (Lipinski definition) is 2. The number of nitrogens with zero attached hydrogens (tertiary/aromatic N) is 1. The van der Waals surface area contributed by atoms with E-state index >= 15 is 0 Å². The van der Waals surface area contributed by atoms with Crippen LogP contribution in [0.3, 0.4) is 0 Å². The number of piperidine rings is 1. The van der Waals surface area contributed by atoms with E-state index in [1.54, 1.807) is 0 Å². The zero-order valence-corrected chi connectivity index (χ0v) is 7.66. The van der Waals surface area contributed by atoms with Gasteiger partial charge in [0.15, 0.2) is 0 Å². The second-order valence-electron chi connectivity index (χ2n) is 4.14. The fourth-order valence-electron chi connectivity index (χ4n) is 2.03. The number of rotatable bonds is 1. The van der Waals surface area contributed by atoms with Gasteiger partial charge in [0.2, 0.25) is 0 Å². The Kier molecular flexibility index (Phi) is 2.35. The molecule has 0 bridgehead atoms. The summed E-state index contributed by atoms with van der Waals surface area (Å²) >= 11 is 0. The molecule has 0 aliphatic carbocycles. The maximum Gasteiger partial charge on any atom is 0.0590 e. The van der Waals surface area contributed by atoms with Crippen molar-refractivity contribution in [3.63, 3.8) is 0 Å². The number of hydrogen-bond acceptors (Lipinski definition) is 3. The van der Waals surface area contributed by atoms with Crippen molar-refractivity contribution in [2.75, 3.05) is 26.2 Å². The van der Waals surface area contributed by atoms with Gasteiger partial charge in [0.1, 0.15) is 0 Å². The maximum atomic E-state index is 9.53. The van der Waals surface area contributed by atoms with E-state index in [2.05, 4.69) is 17.1 Å². The molecule has 0 radical (unpaired) electrons. The molecule has 2 saturated heterocycles. The summed E-state index contributed by atoms with van der Waals surface area (Å²) < 4.78 is 0. The highest BCUT2D eigenvalue weighted by Crippen LogP contribution is 2.19. The quantitative estimate of drug-likeness (QED) is 0.565. The lowest BCUT2D eigenvalue weighted by Crippen LogP contribution is -2.60. The normalized spacial score (nSPS) is 39.5. The van der Waals surface area contributed by atoms with Gasteiger partial charge >= 0.3 is 0 Å². The maximum absolute atomic E-state index is 9.53. The van der Waals surface area contributed by atoms with Crippen LogP contribution in [0.5, 0.6) is 0 Å². The topological polar surface area (TPSA) is 35.5 Å². The monoisotopic (exact) mass is 170 g/mol. The molecule has 12 heavy (non-hydrogen) atoms. The molecule has 2 rings (SSSR count). The van der Waals surface area contributed by atoms with Crippen molar-refractivity contribution in [3.8, 4) is 0 Å². The van der Waals surface area contributed by atoms with Gasteiger partial charge in [-0.1, -0.05) is 6.92 Å². The molecular formula is C9H18N2O. The van der Waals surface area contributed by atoms with Crippen molar-refractivity contribution in [2.24, 2.45) is 5.92 Å². The highest BCUT2D eigenvalue weighted by Gasteiger charge is 2.31. The van der Waals surface area contributed by atoms with Crippen LogP contribution in [0.1, 0.15) is 13.3 Å². The first-order valence-electron chi connectivity index (χ1n) is 4.90. The number of nitrogens with one attached hydrogen (secondary N) is 1. The van der Waals surface area contributed by atoms with Gasteiger partial charge in [-0.05, 0) is 12.3 Å². The van der Waals surface area contributed by atoms with E-state index in [9.17, 15) is 5.11 Å². The molecule has 3 nitrogen and oxygen atoms in total. The van der Waals surface area contributed by atoms with Crippen LogP contribution in [0.4, 0.5) is 0 Å². The third-order valence-corrected chi connectivity index (χ3v) is 3.17.